The summed E-state index contributed by atoms with van der Waals surface area (Å²) in [6.45, 7) is 0. The molecule has 0 radical (unpaired) electrons. The van der Waals surface area contributed by atoms with Crippen LogP contribution in [0.4, 0.5) is 0 Å². The molecule has 1 atom stereocenters. The van der Waals surface area contributed by atoms with E-state index in [-0.39, 0.29) is 7.34 Å². The number of rotatable bonds is 6. The van der Waals surface area contributed by atoms with Crippen LogP contribution in [0.1, 0.15) is 76.3 Å². The van der Waals surface area contributed by atoms with Crippen LogP contribution in [0.2, 0.25) is 0 Å². The molecule has 1 aromatic carbocycles. The first-order valence-electron chi connectivity index (χ1n) is 8.89. The van der Waals surface area contributed by atoms with Crippen LogP contribution in [0.15, 0.2) is 24.3 Å². The van der Waals surface area contributed by atoms with Gasteiger partial charge in [-0.1, -0.05) is 37.1 Å². The fourth-order valence-corrected chi connectivity index (χ4v) is 4.15. The third-order valence-electron chi connectivity index (χ3n) is 5.41. The molecule has 0 bridgehead atoms. The summed E-state index contributed by atoms with van der Waals surface area (Å²) in [4.78, 5) is 24.6. The van der Waals surface area contributed by atoms with E-state index >= 15 is 0 Å². The zero-order chi connectivity index (χ0) is 15.4. The van der Waals surface area contributed by atoms with E-state index in [1.807, 2.05) is 6.07 Å². The molecule has 120 valence electrons. The van der Waals surface area contributed by atoms with Gasteiger partial charge >= 0.3 is 0 Å². The molecule has 0 aromatic heterocycles. The highest BCUT2D eigenvalue weighted by atomic mass is 16.1. The zero-order valence-electron chi connectivity index (χ0n) is 13.4. The summed E-state index contributed by atoms with van der Waals surface area (Å²) in [5.74, 6) is 1.11. The van der Waals surface area contributed by atoms with Crippen LogP contribution in [-0.4, -0.2) is 11.6 Å². The number of ketones is 2. The predicted octanol–water partition coefficient (Wildman–Crippen LogP) is 4.85. The van der Waals surface area contributed by atoms with Gasteiger partial charge in [-0.05, 0) is 49.7 Å². The number of fused-ring (bicyclic) bond motifs is 1. The first kappa shape index (κ1) is 15.5. The monoisotopic (exact) mass is 300 g/mol. The van der Waals surface area contributed by atoms with Crippen LogP contribution in [0.5, 0.6) is 0 Å². The number of aryl methyl sites for hydroxylation is 1. The summed E-state index contributed by atoms with van der Waals surface area (Å²) in [6, 6.07) is 8.36. The van der Waals surface area contributed by atoms with Crippen LogP contribution in [-0.2, 0) is 16.0 Å². The summed E-state index contributed by atoms with van der Waals surface area (Å²) in [5, 5.41) is 0. The number of carbonyl (C=O) groups excluding carboxylic acids is 2. The van der Waals surface area contributed by atoms with Gasteiger partial charge in [0.2, 0.25) is 0 Å². The molecule has 0 spiro atoms. The summed E-state index contributed by atoms with van der Waals surface area (Å²) < 4.78 is 0. The van der Waals surface area contributed by atoms with E-state index in [0.29, 0.717) is 30.3 Å². The highest BCUT2D eigenvalue weighted by Crippen LogP contribution is 2.33. The van der Waals surface area contributed by atoms with Crippen LogP contribution in [0, 0.1) is 5.92 Å². The van der Waals surface area contributed by atoms with Crippen molar-refractivity contribution in [2.24, 2.45) is 5.92 Å². The Kier molecular flexibility index (Phi) is 5.07. The second-order valence-electron chi connectivity index (χ2n) is 6.91. The summed E-state index contributed by atoms with van der Waals surface area (Å²) in [7, 11) is 0. The minimum atomic E-state index is 0. The van der Waals surface area contributed by atoms with Crippen molar-refractivity contribution in [1.82, 2.24) is 0 Å². The molecule has 0 aliphatic heterocycles. The first-order chi connectivity index (χ1) is 10.8. The van der Waals surface area contributed by atoms with Gasteiger partial charge in [0.05, 0.1) is 0 Å². The Morgan fingerprint density at radius 2 is 1.68 bits per heavy atom. The van der Waals surface area contributed by atoms with Gasteiger partial charge in [0.25, 0.3) is 0 Å². The van der Waals surface area contributed by atoms with Crippen LogP contribution < -0.4 is 0 Å². The van der Waals surface area contributed by atoms with E-state index in [0.717, 1.165) is 38.5 Å². The van der Waals surface area contributed by atoms with Gasteiger partial charge in [0, 0.05) is 26.1 Å². The lowest BCUT2D eigenvalue weighted by atomic mass is 9.79. The third-order valence-corrected chi connectivity index (χ3v) is 5.41. The number of carbonyl (C=O) groups is 2. The fraction of sp³-hybridized carbons (Fsp3) is 0.600. The third kappa shape index (κ3) is 3.48. The zero-order valence-corrected chi connectivity index (χ0v) is 13.4. The van der Waals surface area contributed by atoms with Crippen molar-refractivity contribution in [3.63, 3.8) is 0 Å². The maximum absolute atomic E-state index is 12.6. The molecule has 1 fully saturated rings. The standard InChI is InChI=1S/C20H26O2.H2/c21-19(16-8-1-2-9-16)13-6-14-20(22)18-12-5-10-15-7-3-4-11-17(15)18;/h3-4,7,11,16,18H,1-2,5-6,8-10,12-14H2;1H. The van der Waals surface area contributed by atoms with Crippen molar-refractivity contribution < 1.29 is 11.0 Å². The Balaban J connectivity index is 0.00000192. The Morgan fingerprint density at radius 3 is 2.50 bits per heavy atom. The average molecular weight is 300 g/mol. The van der Waals surface area contributed by atoms with E-state index in [2.05, 4.69) is 18.2 Å². The largest absolute Gasteiger partial charge is 0.299 e. The lowest BCUT2D eigenvalue weighted by Gasteiger charge is -2.24. The van der Waals surface area contributed by atoms with Crippen LogP contribution >= 0.6 is 0 Å². The summed E-state index contributed by atoms with van der Waals surface area (Å²) in [5.41, 5.74) is 2.58. The molecule has 3 rings (SSSR count). The van der Waals surface area contributed by atoms with Gasteiger partial charge in [-0.3, -0.25) is 9.59 Å². The number of hydrogen-bond donors (Lipinski definition) is 0. The minimum absolute atomic E-state index is 0. The van der Waals surface area contributed by atoms with Crippen LogP contribution in [0.3, 0.4) is 0 Å². The molecule has 0 heterocycles. The Hall–Kier alpha value is -1.44. The molecule has 1 unspecified atom stereocenters. The van der Waals surface area contributed by atoms with Gasteiger partial charge in [0.15, 0.2) is 0 Å². The second-order valence-corrected chi connectivity index (χ2v) is 6.91. The molecular weight excluding hydrogens is 272 g/mol. The topological polar surface area (TPSA) is 34.1 Å². The van der Waals surface area contributed by atoms with Crippen molar-refractivity contribution in [2.45, 2.75) is 70.1 Å². The minimum Gasteiger partial charge on any atom is -0.299 e. The molecule has 0 saturated heterocycles. The lowest BCUT2D eigenvalue weighted by molar-refractivity contribution is -0.123. The van der Waals surface area contributed by atoms with Crippen molar-refractivity contribution in [1.29, 1.82) is 0 Å². The van der Waals surface area contributed by atoms with Crippen LogP contribution in [0.25, 0.3) is 0 Å². The molecule has 1 aromatic rings. The molecule has 22 heavy (non-hydrogen) atoms. The fourth-order valence-electron chi connectivity index (χ4n) is 4.15. The highest BCUT2D eigenvalue weighted by molar-refractivity contribution is 5.87. The summed E-state index contributed by atoms with van der Waals surface area (Å²) in [6.07, 6.45) is 9.64. The molecule has 1 saturated carbocycles. The van der Waals surface area contributed by atoms with Crippen molar-refractivity contribution in [3.8, 4) is 0 Å². The van der Waals surface area contributed by atoms with E-state index in [1.54, 1.807) is 0 Å². The molecule has 2 aliphatic carbocycles. The summed E-state index contributed by atoms with van der Waals surface area (Å²) >= 11 is 0. The maximum Gasteiger partial charge on any atom is 0.140 e. The Morgan fingerprint density at radius 1 is 0.955 bits per heavy atom. The Labute approximate surface area is 134 Å². The molecule has 2 heteroatoms. The number of benzene rings is 1. The first-order valence-corrected chi connectivity index (χ1v) is 8.89. The van der Waals surface area contributed by atoms with Gasteiger partial charge in [-0.2, -0.15) is 0 Å². The van der Waals surface area contributed by atoms with Gasteiger partial charge in [-0.15, -0.1) is 0 Å². The quantitative estimate of drug-likeness (QED) is 0.752. The van der Waals surface area contributed by atoms with E-state index < -0.39 is 0 Å². The van der Waals surface area contributed by atoms with E-state index in [4.69, 9.17) is 0 Å². The molecule has 2 aliphatic rings. The average Bonchev–Trinajstić information content (AvgIpc) is 3.08. The van der Waals surface area contributed by atoms with Gasteiger partial charge in [-0.25, -0.2) is 0 Å². The van der Waals surface area contributed by atoms with Gasteiger partial charge in [0.1, 0.15) is 11.6 Å². The van der Waals surface area contributed by atoms with Crippen molar-refractivity contribution >= 4 is 11.6 Å². The molecular formula is C20H28O2. The van der Waals surface area contributed by atoms with Crippen molar-refractivity contribution in [3.05, 3.63) is 35.4 Å². The highest BCUT2D eigenvalue weighted by Gasteiger charge is 2.26. The normalized spacial score (nSPS) is 21.5. The van der Waals surface area contributed by atoms with E-state index in [1.165, 1.54) is 24.0 Å². The lowest BCUT2D eigenvalue weighted by Crippen LogP contribution is -2.19. The SMILES string of the molecule is O=C(CCCC(=O)C1CCCc2ccccc21)C1CCCC1.[HH]. The van der Waals surface area contributed by atoms with E-state index in [9.17, 15) is 9.59 Å². The van der Waals surface area contributed by atoms with Crippen molar-refractivity contribution in [2.75, 3.05) is 0 Å². The second kappa shape index (κ2) is 7.21. The maximum atomic E-state index is 12.6. The smallest absolute Gasteiger partial charge is 0.140 e. The molecule has 0 N–H and O–H groups in total. The predicted molar refractivity (Wildman–Crippen MR) is 90.1 cm³/mol. The van der Waals surface area contributed by atoms with Gasteiger partial charge < -0.3 is 0 Å². The molecule has 0 amide bonds. The number of Topliss-reactive ketones (excluding diaryl/α,β-unsaturated/α-hetero) is 2. The number of hydrogen-bond acceptors (Lipinski definition) is 2. The molecule has 2 nitrogen and oxygen atoms in total. The Bertz CT molecular complexity index is 546.